The zero-order chi connectivity index (χ0) is 12.4. The van der Waals surface area contributed by atoms with Crippen molar-refractivity contribution in [1.82, 2.24) is 0 Å². The molecule has 3 nitrogen and oxygen atoms in total. The average molecular weight is 241 g/mol. The van der Waals surface area contributed by atoms with Crippen LogP contribution in [0.25, 0.3) is 0 Å². The molecule has 1 N–H and O–H groups in total. The smallest absolute Gasteiger partial charge is 0.194 e. The van der Waals surface area contributed by atoms with Gasteiger partial charge in [0, 0.05) is 0 Å². The lowest BCUT2D eigenvalue weighted by molar-refractivity contribution is 0.129. The summed E-state index contributed by atoms with van der Waals surface area (Å²) in [5.74, 6) is 0.845. The maximum absolute atomic E-state index is 10.3. The largest absolute Gasteiger partial charge is 0.478 e. The molecular formula is C15H15NO2. The second-order valence-electron chi connectivity index (χ2n) is 4.50. The molecule has 1 aliphatic carbocycles. The van der Waals surface area contributed by atoms with Gasteiger partial charge in [-0.1, -0.05) is 54.6 Å². The SMILES string of the molecule is O[C@@H](c1ccccc1)[C@@H]1COC(C2C=CC=C2)=N1. The Morgan fingerprint density at radius 1 is 1.17 bits per heavy atom. The highest BCUT2D eigenvalue weighted by Crippen LogP contribution is 2.25. The number of benzene rings is 1. The summed E-state index contributed by atoms with van der Waals surface area (Å²) in [6, 6.07) is 9.39. The van der Waals surface area contributed by atoms with Gasteiger partial charge >= 0.3 is 0 Å². The normalized spacial score (nSPS) is 24.1. The highest BCUT2D eigenvalue weighted by atomic mass is 16.5. The van der Waals surface area contributed by atoms with E-state index in [9.17, 15) is 5.11 Å². The van der Waals surface area contributed by atoms with Gasteiger partial charge in [-0.15, -0.1) is 0 Å². The molecule has 1 aromatic carbocycles. The van der Waals surface area contributed by atoms with E-state index in [1.807, 2.05) is 54.6 Å². The van der Waals surface area contributed by atoms with E-state index >= 15 is 0 Å². The van der Waals surface area contributed by atoms with E-state index in [2.05, 4.69) is 4.99 Å². The maximum atomic E-state index is 10.3. The molecule has 0 unspecified atom stereocenters. The number of ether oxygens (including phenoxy) is 1. The predicted octanol–water partition coefficient (Wildman–Crippen LogP) is 2.26. The highest BCUT2D eigenvalue weighted by Gasteiger charge is 2.29. The Hall–Kier alpha value is -1.87. The van der Waals surface area contributed by atoms with E-state index in [0.29, 0.717) is 12.5 Å². The molecule has 18 heavy (non-hydrogen) atoms. The van der Waals surface area contributed by atoms with E-state index in [0.717, 1.165) is 5.56 Å². The van der Waals surface area contributed by atoms with E-state index in [-0.39, 0.29) is 12.0 Å². The summed E-state index contributed by atoms with van der Waals surface area (Å²) in [5.41, 5.74) is 0.883. The number of hydrogen-bond donors (Lipinski definition) is 1. The first-order valence-corrected chi connectivity index (χ1v) is 6.13. The van der Waals surface area contributed by atoms with Crippen molar-refractivity contribution < 1.29 is 9.84 Å². The number of aliphatic imine (C=N–C) groups is 1. The van der Waals surface area contributed by atoms with Crippen LogP contribution in [0.1, 0.15) is 11.7 Å². The van der Waals surface area contributed by atoms with Crippen LogP contribution >= 0.6 is 0 Å². The second kappa shape index (κ2) is 4.78. The third-order valence-electron chi connectivity index (χ3n) is 3.23. The molecule has 3 rings (SSSR count). The van der Waals surface area contributed by atoms with Crippen LogP contribution in [0, 0.1) is 5.92 Å². The zero-order valence-corrected chi connectivity index (χ0v) is 9.94. The average Bonchev–Trinajstić information content (AvgIpc) is 3.09. The Bertz CT molecular complexity index is 492. The van der Waals surface area contributed by atoms with Gasteiger partial charge in [0.25, 0.3) is 0 Å². The molecule has 3 heteroatoms. The quantitative estimate of drug-likeness (QED) is 0.882. The predicted molar refractivity (Wildman–Crippen MR) is 70.3 cm³/mol. The van der Waals surface area contributed by atoms with Gasteiger partial charge in [0.1, 0.15) is 18.8 Å². The summed E-state index contributed by atoms with van der Waals surface area (Å²) < 4.78 is 5.58. The number of aliphatic hydroxyl groups is 1. The van der Waals surface area contributed by atoms with E-state index in [1.54, 1.807) is 0 Å². The summed E-state index contributed by atoms with van der Waals surface area (Å²) in [5, 5.41) is 10.3. The third kappa shape index (κ3) is 2.09. The van der Waals surface area contributed by atoms with Crippen molar-refractivity contribution in [2.24, 2.45) is 10.9 Å². The molecule has 0 bridgehead atoms. The standard InChI is InChI=1S/C15H15NO2/c17-14(11-6-2-1-3-7-11)13-10-18-15(16-13)12-8-4-5-9-12/h1-9,12-14,17H,10H2/t13-,14-/m0/s1. The Morgan fingerprint density at radius 3 is 2.61 bits per heavy atom. The van der Waals surface area contributed by atoms with Crippen LogP contribution in [-0.2, 0) is 4.74 Å². The lowest BCUT2D eigenvalue weighted by Crippen LogP contribution is -2.17. The van der Waals surface area contributed by atoms with Gasteiger partial charge in [0.2, 0.25) is 0 Å². The fourth-order valence-electron chi connectivity index (χ4n) is 2.22. The summed E-state index contributed by atoms with van der Waals surface area (Å²) >= 11 is 0. The molecule has 0 radical (unpaired) electrons. The molecule has 0 saturated carbocycles. The topological polar surface area (TPSA) is 41.8 Å². The molecule has 1 heterocycles. The molecule has 1 aliphatic heterocycles. The molecule has 2 aliphatic rings. The van der Waals surface area contributed by atoms with Crippen LogP contribution in [0.2, 0.25) is 0 Å². The Morgan fingerprint density at radius 2 is 1.89 bits per heavy atom. The number of rotatable bonds is 3. The van der Waals surface area contributed by atoms with Crippen molar-refractivity contribution in [1.29, 1.82) is 0 Å². The molecule has 0 spiro atoms. The fraction of sp³-hybridized carbons (Fsp3) is 0.267. The van der Waals surface area contributed by atoms with Gasteiger partial charge in [0.15, 0.2) is 5.90 Å². The minimum absolute atomic E-state index is 0.137. The Labute approximate surface area is 106 Å². The lowest BCUT2D eigenvalue weighted by atomic mass is 10.0. The van der Waals surface area contributed by atoms with Gasteiger partial charge in [-0.25, -0.2) is 4.99 Å². The van der Waals surface area contributed by atoms with Crippen LogP contribution in [0.5, 0.6) is 0 Å². The summed E-state index contributed by atoms with van der Waals surface area (Å²) in [6.07, 6.45) is 7.44. The number of allylic oxidation sites excluding steroid dienone is 2. The van der Waals surface area contributed by atoms with Crippen LogP contribution in [0.3, 0.4) is 0 Å². The van der Waals surface area contributed by atoms with Crippen molar-refractivity contribution in [2.45, 2.75) is 12.1 Å². The summed E-state index contributed by atoms with van der Waals surface area (Å²) in [4.78, 5) is 4.49. The molecule has 0 saturated heterocycles. The Kier molecular flexibility index (Phi) is 2.99. The Balaban J connectivity index is 1.75. The van der Waals surface area contributed by atoms with Gasteiger partial charge in [-0.2, -0.15) is 0 Å². The number of hydrogen-bond acceptors (Lipinski definition) is 3. The van der Waals surface area contributed by atoms with Crippen molar-refractivity contribution in [2.75, 3.05) is 6.61 Å². The number of aliphatic hydroxyl groups excluding tert-OH is 1. The van der Waals surface area contributed by atoms with Gasteiger partial charge in [-0.05, 0) is 5.56 Å². The minimum atomic E-state index is -0.599. The van der Waals surface area contributed by atoms with Crippen molar-refractivity contribution in [3.63, 3.8) is 0 Å². The van der Waals surface area contributed by atoms with Crippen LogP contribution in [0.15, 0.2) is 59.6 Å². The number of nitrogens with zero attached hydrogens (tertiary/aromatic N) is 1. The molecule has 92 valence electrons. The molecule has 0 aromatic heterocycles. The minimum Gasteiger partial charge on any atom is -0.478 e. The van der Waals surface area contributed by atoms with Crippen LogP contribution in [-0.4, -0.2) is 23.7 Å². The molecule has 2 atom stereocenters. The first-order chi connectivity index (χ1) is 8.84. The van der Waals surface area contributed by atoms with Crippen molar-refractivity contribution in [3.05, 3.63) is 60.2 Å². The second-order valence-corrected chi connectivity index (χ2v) is 4.50. The highest BCUT2D eigenvalue weighted by molar-refractivity contribution is 5.84. The first-order valence-electron chi connectivity index (χ1n) is 6.13. The van der Waals surface area contributed by atoms with E-state index in [1.165, 1.54) is 0 Å². The van der Waals surface area contributed by atoms with Gasteiger partial charge in [0.05, 0.1) is 5.92 Å². The molecule has 1 aromatic rings. The fourth-order valence-corrected chi connectivity index (χ4v) is 2.22. The molecule has 0 amide bonds. The summed E-state index contributed by atoms with van der Waals surface area (Å²) in [6.45, 7) is 0.448. The lowest BCUT2D eigenvalue weighted by Gasteiger charge is -2.13. The zero-order valence-electron chi connectivity index (χ0n) is 9.94. The van der Waals surface area contributed by atoms with Gasteiger partial charge in [-0.3, -0.25) is 0 Å². The maximum Gasteiger partial charge on any atom is 0.194 e. The van der Waals surface area contributed by atoms with E-state index < -0.39 is 6.10 Å². The molecular weight excluding hydrogens is 226 g/mol. The van der Waals surface area contributed by atoms with Gasteiger partial charge < -0.3 is 9.84 Å². The van der Waals surface area contributed by atoms with Crippen molar-refractivity contribution >= 4 is 5.90 Å². The molecule has 0 fully saturated rings. The van der Waals surface area contributed by atoms with Crippen LogP contribution in [0.4, 0.5) is 0 Å². The van der Waals surface area contributed by atoms with Crippen molar-refractivity contribution in [3.8, 4) is 0 Å². The third-order valence-corrected chi connectivity index (χ3v) is 3.23. The summed E-state index contributed by atoms with van der Waals surface area (Å²) in [7, 11) is 0. The van der Waals surface area contributed by atoms with Crippen LogP contribution < -0.4 is 0 Å². The van der Waals surface area contributed by atoms with E-state index in [4.69, 9.17) is 4.74 Å². The monoisotopic (exact) mass is 241 g/mol. The first kappa shape index (κ1) is 11.2.